The molecule has 0 aromatic rings. The van der Waals surface area contributed by atoms with Gasteiger partial charge in [0.05, 0.1) is 0 Å². The summed E-state index contributed by atoms with van der Waals surface area (Å²) in [4.78, 5) is 0. The van der Waals surface area contributed by atoms with E-state index in [4.69, 9.17) is 0 Å². The molecule has 0 aliphatic rings. The van der Waals surface area contributed by atoms with Crippen molar-refractivity contribution in [2.45, 2.75) is 73.3 Å². The normalized spacial score (nSPS) is 14.6. The minimum Gasteiger partial charge on any atom is -0.314 e. The van der Waals surface area contributed by atoms with E-state index in [2.05, 4.69) is 46.9 Å². The van der Waals surface area contributed by atoms with Crippen molar-refractivity contribution < 1.29 is 0 Å². The van der Waals surface area contributed by atoms with Gasteiger partial charge in [-0.15, -0.1) is 0 Å². The molecule has 0 spiro atoms. The molecular weight excluding hydrogens is 182 g/mol. The molecule has 0 aromatic carbocycles. The monoisotopic (exact) mass is 213 g/mol. The van der Waals surface area contributed by atoms with Crippen LogP contribution in [0.3, 0.4) is 0 Å². The van der Waals surface area contributed by atoms with Gasteiger partial charge < -0.3 is 5.32 Å². The molecule has 0 saturated heterocycles. The smallest absolute Gasteiger partial charge is 0.00952 e. The molecule has 1 unspecified atom stereocenters. The maximum atomic E-state index is 3.66. The van der Waals surface area contributed by atoms with E-state index in [0.29, 0.717) is 5.41 Å². The molecule has 1 nitrogen and oxygen atoms in total. The van der Waals surface area contributed by atoms with Gasteiger partial charge in [0.15, 0.2) is 0 Å². The Labute approximate surface area is 97.0 Å². The summed E-state index contributed by atoms with van der Waals surface area (Å²) < 4.78 is 0. The molecule has 92 valence electrons. The van der Waals surface area contributed by atoms with Crippen molar-refractivity contribution >= 4 is 0 Å². The summed E-state index contributed by atoms with van der Waals surface area (Å²) in [5.74, 6) is 0.854. The topological polar surface area (TPSA) is 12.0 Å². The molecule has 0 bridgehead atoms. The average molecular weight is 213 g/mol. The second-order valence-electron chi connectivity index (χ2n) is 5.84. The summed E-state index contributed by atoms with van der Waals surface area (Å²) >= 11 is 0. The Morgan fingerprint density at radius 1 is 1.00 bits per heavy atom. The predicted molar refractivity (Wildman–Crippen MR) is 70.2 cm³/mol. The summed E-state index contributed by atoms with van der Waals surface area (Å²) in [7, 11) is 0. The van der Waals surface area contributed by atoms with Crippen molar-refractivity contribution in [2.24, 2.45) is 11.3 Å². The molecule has 0 aliphatic heterocycles. The van der Waals surface area contributed by atoms with Crippen molar-refractivity contribution in [2.75, 3.05) is 6.54 Å². The highest BCUT2D eigenvalue weighted by molar-refractivity contribution is 4.76. The summed E-state index contributed by atoms with van der Waals surface area (Å²) in [6.45, 7) is 15.0. The molecular formula is C14H31N. The second kappa shape index (κ2) is 7.27. The Kier molecular flexibility index (Phi) is 7.25. The first-order chi connectivity index (χ1) is 6.94. The Morgan fingerprint density at radius 3 is 1.87 bits per heavy atom. The Balaban J connectivity index is 4.13. The van der Waals surface area contributed by atoms with Crippen LogP contribution >= 0.6 is 0 Å². The van der Waals surface area contributed by atoms with Gasteiger partial charge in [0.1, 0.15) is 0 Å². The lowest BCUT2D eigenvalue weighted by molar-refractivity contribution is 0.270. The highest BCUT2D eigenvalue weighted by Gasteiger charge is 2.20. The van der Waals surface area contributed by atoms with Gasteiger partial charge >= 0.3 is 0 Å². The molecule has 0 amide bonds. The van der Waals surface area contributed by atoms with E-state index >= 15 is 0 Å². The first-order valence-corrected chi connectivity index (χ1v) is 6.68. The fourth-order valence-electron chi connectivity index (χ4n) is 2.21. The second-order valence-corrected chi connectivity index (χ2v) is 5.84. The van der Waals surface area contributed by atoms with Crippen LogP contribution in [0.15, 0.2) is 0 Å². The average Bonchev–Trinajstić information content (AvgIpc) is 2.14. The first-order valence-electron chi connectivity index (χ1n) is 6.68. The molecule has 1 N–H and O–H groups in total. The van der Waals surface area contributed by atoms with E-state index in [1.54, 1.807) is 0 Å². The van der Waals surface area contributed by atoms with Gasteiger partial charge in [0.2, 0.25) is 0 Å². The lowest BCUT2D eigenvalue weighted by Crippen LogP contribution is -2.36. The van der Waals surface area contributed by atoms with E-state index in [1.807, 2.05) is 0 Å². The van der Waals surface area contributed by atoms with Gasteiger partial charge in [0, 0.05) is 6.04 Å². The number of nitrogens with one attached hydrogen (secondary N) is 1. The molecule has 0 fully saturated rings. The maximum absolute atomic E-state index is 3.66. The minimum absolute atomic E-state index is 0.472. The third-order valence-electron chi connectivity index (χ3n) is 3.29. The minimum atomic E-state index is 0.472. The highest BCUT2D eigenvalue weighted by atomic mass is 14.9. The molecule has 0 rings (SSSR count). The van der Waals surface area contributed by atoms with Crippen LogP contribution in [0.25, 0.3) is 0 Å². The zero-order valence-electron chi connectivity index (χ0n) is 11.7. The fraction of sp³-hybridized carbons (Fsp3) is 1.00. The van der Waals surface area contributed by atoms with Crippen molar-refractivity contribution in [3.8, 4) is 0 Å². The zero-order chi connectivity index (χ0) is 11.9. The van der Waals surface area contributed by atoms with Gasteiger partial charge in [0.25, 0.3) is 0 Å². The molecule has 0 aliphatic carbocycles. The molecule has 1 heteroatoms. The quantitative estimate of drug-likeness (QED) is 0.667. The molecule has 15 heavy (non-hydrogen) atoms. The molecule has 0 radical (unpaired) electrons. The predicted octanol–water partition coefficient (Wildman–Crippen LogP) is 4.23. The van der Waals surface area contributed by atoms with E-state index < -0.39 is 0 Å². The lowest BCUT2D eigenvalue weighted by atomic mass is 9.84. The van der Waals surface area contributed by atoms with Crippen LogP contribution in [0.2, 0.25) is 0 Å². The third-order valence-corrected chi connectivity index (χ3v) is 3.29. The number of rotatable bonds is 7. The van der Waals surface area contributed by atoms with Gasteiger partial charge in [-0.25, -0.2) is 0 Å². The van der Waals surface area contributed by atoms with Crippen molar-refractivity contribution in [3.63, 3.8) is 0 Å². The number of hydrogen-bond acceptors (Lipinski definition) is 1. The van der Waals surface area contributed by atoms with Crippen LogP contribution in [0.4, 0.5) is 0 Å². The van der Waals surface area contributed by atoms with Gasteiger partial charge in [-0.05, 0) is 30.7 Å². The summed E-state index contributed by atoms with van der Waals surface area (Å²) in [5.41, 5.74) is 0.472. The third kappa shape index (κ3) is 6.94. The van der Waals surface area contributed by atoms with Crippen molar-refractivity contribution in [1.29, 1.82) is 0 Å². The first kappa shape index (κ1) is 15.0. The lowest BCUT2D eigenvalue weighted by Gasteiger charge is -2.29. The van der Waals surface area contributed by atoms with Crippen LogP contribution in [0, 0.1) is 11.3 Å². The molecule has 0 saturated carbocycles. The number of hydrogen-bond donors (Lipinski definition) is 1. The zero-order valence-corrected chi connectivity index (χ0v) is 11.7. The van der Waals surface area contributed by atoms with Crippen LogP contribution in [-0.2, 0) is 0 Å². The largest absolute Gasteiger partial charge is 0.314 e. The standard InChI is InChI=1S/C14H31N/c1-7-12(8-2)13(15-9-3)10-11-14(4,5)6/h12-13,15H,7-11H2,1-6H3. The Bertz CT molecular complexity index is 142. The van der Waals surface area contributed by atoms with Crippen molar-refractivity contribution in [3.05, 3.63) is 0 Å². The Morgan fingerprint density at radius 2 is 1.53 bits per heavy atom. The van der Waals surface area contributed by atoms with Crippen LogP contribution in [0.1, 0.15) is 67.2 Å². The highest BCUT2D eigenvalue weighted by Crippen LogP contribution is 2.25. The van der Waals surface area contributed by atoms with Gasteiger partial charge in [-0.3, -0.25) is 0 Å². The van der Waals surface area contributed by atoms with Crippen molar-refractivity contribution in [1.82, 2.24) is 5.32 Å². The molecule has 1 atom stereocenters. The van der Waals surface area contributed by atoms with Gasteiger partial charge in [-0.1, -0.05) is 54.4 Å². The Hall–Kier alpha value is -0.0400. The summed E-state index contributed by atoms with van der Waals surface area (Å²) in [5, 5.41) is 3.66. The van der Waals surface area contributed by atoms with Crippen LogP contribution < -0.4 is 5.32 Å². The van der Waals surface area contributed by atoms with Gasteiger partial charge in [-0.2, -0.15) is 0 Å². The SMILES string of the molecule is CCNC(CCC(C)(C)C)C(CC)CC. The van der Waals surface area contributed by atoms with E-state index in [-0.39, 0.29) is 0 Å². The van der Waals surface area contributed by atoms with Crippen LogP contribution in [0.5, 0.6) is 0 Å². The molecule has 0 heterocycles. The summed E-state index contributed by atoms with van der Waals surface area (Å²) in [6, 6.07) is 0.726. The van der Waals surface area contributed by atoms with E-state index in [0.717, 1.165) is 18.5 Å². The van der Waals surface area contributed by atoms with E-state index in [1.165, 1.54) is 25.7 Å². The van der Waals surface area contributed by atoms with Crippen LogP contribution in [-0.4, -0.2) is 12.6 Å². The fourth-order valence-corrected chi connectivity index (χ4v) is 2.21. The maximum Gasteiger partial charge on any atom is 0.00952 e. The molecule has 0 aromatic heterocycles. The summed E-state index contributed by atoms with van der Waals surface area (Å²) in [6.07, 6.45) is 5.25. The van der Waals surface area contributed by atoms with E-state index in [9.17, 15) is 0 Å².